The molecule has 12 heavy (non-hydrogen) atoms. The minimum Gasteiger partial charge on any atom is -0.262 e. The van der Waals surface area contributed by atoms with Crippen molar-refractivity contribution in [3.63, 3.8) is 0 Å². The van der Waals surface area contributed by atoms with Crippen molar-refractivity contribution in [2.24, 2.45) is 4.99 Å². The van der Waals surface area contributed by atoms with Crippen molar-refractivity contribution >= 4 is 6.21 Å². The summed E-state index contributed by atoms with van der Waals surface area (Å²) in [6, 6.07) is 0. The smallest absolute Gasteiger partial charge is 0.0330 e. The van der Waals surface area contributed by atoms with Crippen LogP contribution in [0, 0.1) is 0 Å². The molecule has 0 aromatic carbocycles. The zero-order valence-electron chi connectivity index (χ0n) is 8.59. The summed E-state index contributed by atoms with van der Waals surface area (Å²) < 4.78 is 0. The molecule has 0 saturated heterocycles. The van der Waals surface area contributed by atoms with Crippen LogP contribution in [0.15, 0.2) is 28.4 Å². The lowest BCUT2D eigenvalue weighted by molar-refractivity contribution is 0.936. The molecular formula is C11H19N. The summed E-state index contributed by atoms with van der Waals surface area (Å²) >= 11 is 0. The molecular weight excluding hydrogens is 146 g/mol. The van der Waals surface area contributed by atoms with Gasteiger partial charge in [-0.2, -0.15) is 0 Å². The van der Waals surface area contributed by atoms with Gasteiger partial charge >= 0.3 is 0 Å². The maximum atomic E-state index is 4.30. The number of nitrogens with zero attached hydrogens (tertiary/aromatic N) is 1. The van der Waals surface area contributed by atoms with Crippen molar-refractivity contribution in [1.82, 2.24) is 0 Å². The van der Waals surface area contributed by atoms with E-state index in [1.807, 2.05) is 26.1 Å². The van der Waals surface area contributed by atoms with Gasteiger partial charge in [-0.25, -0.2) is 0 Å². The normalized spacial score (nSPS) is 14.3. The summed E-state index contributed by atoms with van der Waals surface area (Å²) in [6.45, 7) is 8.25. The van der Waals surface area contributed by atoms with E-state index in [1.165, 1.54) is 12.0 Å². The van der Waals surface area contributed by atoms with E-state index >= 15 is 0 Å². The minimum atomic E-state index is 1.07. The monoisotopic (exact) mass is 165 g/mol. The molecule has 0 saturated carbocycles. The highest BCUT2D eigenvalue weighted by atomic mass is 14.7. The first-order chi connectivity index (χ1) is 5.74. The molecule has 0 aromatic heterocycles. The van der Waals surface area contributed by atoms with Crippen molar-refractivity contribution in [2.75, 3.05) is 0 Å². The van der Waals surface area contributed by atoms with Gasteiger partial charge in [-0.3, -0.25) is 4.99 Å². The average molecular weight is 165 g/mol. The van der Waals surface area contributed by atoms with Gasteiger partial charge in [0.2, 0.25) is 0 Å². The van der Waals surface area contributed by atoms with Gasteiger partial charge in [-0.05, 0) is 32.8 Å². The van der Waals surface area contributed by atoms with Crippen molar-refractivity contribution < 1.29 is 0 Å². The molecule has 0 aromatic rings. The molecule has 0 N–H and O–H groups in total. The zero-order valence-corrected chi connectivity index (χ0v) is 8.59. The van der Waals surface area contributed by atoms with E-state index in [2.05, 4.69) is 24.9 Å². The lowest BCUT2D eigenvalue weighted by Crippen LogP contribution is -1.84. The second-order valence-corrected chi connectivity index (χ2v) is 2.80. The topological polar surface area (TPSA) is 12.4 Å². The van der Waals surface area contributed by atoms with Gasteiger partial charge in [-0.15, -0.1) is 0 Å². The van der Waals surface area contributed by atoms with Crippen LogP contribution in [0.5, 0.6) is 0 Å². The average Bonchev–Trinajstić information content (AvgIpc) is 2.11. The van der Waals surface area contributed by atoms with Crippen molar-refractivity contribution in [2.45, 2.75) is 40.5 Å². The fourth-order valence-corrected chi connectivity index (χ4v) is 0.831. The molecule has 1 heteroatoms. The van der Waals surface area contributed by atoms with Crippen LogP contribution in [-0.2, 0) is 0 Å². The Morgan fingerprint density at radius 2 is 1.92 bits per heavy atom. The molecule has 0 heterocycles. The van der Waals surface area contributed by atoms with Gasteiger partial charge in [0.05, 0.1) is 0 Å². The molecule has 1 nitrogen and oxygen atoms in total. The third-order valence-electron chi connectivity index (χ3n) is 1.76. The predicted molar refractivity (Wildman–Crippen MR) is 56.6 cm³/mol. The van der Waals surface area contributed by atoms with Crippen LogP contribution >= 0.6 is 0 Å². The number of hydrogen-bond donors (Lipinski definition) is 0. The van der Waals surface area contributed by atoms with Crippen LogP contribution < -0.4 is 0 Å². The summed E-state index contributed by atoms with van der Waals surface area (Å²) in [4.78, 5) is 4.30. The Bertz CT molecular complexity index is 197. The second-order valence-electron chi connectivity index (χ2n) is 2.80. The number of aliphatic imine (C=N–C) groups is 1. The van der Waals surface area contributed by atoms with E-state index in [0.717, 1.165) is 12.1 Å². The molecule has 0 amide bonds. The van der Waals surface area contributed by atoms with E-state index in [9.17, 15) is 0 Å². The molecule has 0 rings (SSSR count). The van der Waals surface area contributed by atoms with E-state index in [-0.39, 0.29) is 0 Å². The highest BCUT2D eigenvalue weighted by Gasteiger charge is 1.88. The molecule has 0 spiro atoms. The molecule has 0 unspecified atom stereocenters. The van der Waals surface area contributed by atoms with Crippen molar-refractivity contribution in [3.8, 4) is 0 Å². The van der Waals surface area contributed by atoms with Gasteiger partial charge in [0, 0.05) is 11.9 Å². The van der Waals surface area contributed by atoms with Gasteiger partial charge in [0.15, 0.2) is 0 Å². The van der Waals surface area contributed by atoms with E-state index in [1.54, 1.807) is 0 Å². The van der Waals surface area contributed by atoms with Crippen LogP contribution in [0.3, 0.4) is 0 Å². The first-order valence-corrected chi connectivity index (χ1v) is 4.56. The molecule has 0 radical (unpaired) electrons. The summed E-state index contributed by atoms with van der Waals surface area (Å²) in [5.41, 5.74) is 2.39. The zero-order chi connectivity index (χ0) is 9.40. The molecule has 68 valence electrons. The fourth-order valence-electron chi connectivity index (χ4n) is 0.831. The Morgan fingerprint density at radius 3 is 2.33 bits per heavy atom. The number of hydrogen-bond acceptors (Lipinski definition) is 1. The van der Waals surface area contributed by atoms with Crippen molar-refractivity contribution in [3.05, 3.63) is 23.4 Å². The maximum Gasteiger partial charge on any atom is 0.0330 e. The number of rotatable bonds is 4. The Labute approximate surface area is 75.9 Å². The predicted octanol–water partition coefficient (Wildman–Crippen LogP) is 3.73. The Balaban J connectivity index is 4.12. The lowest BCUT2D eigenvalue weighted by Gasteiger charge is -1.96. The minimum absolute atomic E-state index is 1.07. The largest absolute Gasteiger partial charge is 0.262 e. The van der Waals surface area contributed by atoms with E-state index in [0.29, 0.717) is 0 Å². The Hall–Kier alpha value is -0.850. The summed E-state index contributed by atoms with van der Waals surface area (Å²) in [7, 11) is 0. The van der Waals surface area contributed by atoms with Crippen molar-refractivity contribution in [1.29, 1.82) is 0 Å². The SMILES string of the molecule is C\C=C(/C=N/C(C)=C/C)CCC. The van der Waals surface area contributed by atoms with Gasteiger partial charge in [-0.1, -0.05) is 25.5 Å². The first-order valence-electron chi connectivity index (χ1n) is 4.56. The Morgan fingerprint density at radius 1 is 1.25 bits per heavy atom. The highest BCUT2D eigenvalue weighted by Crippen LogP contribution is 2.03. The summed E-state index contributed by atoms with van der Waals surface area (Å²) in [5.74, 6) is 0. The molecule has 0 aliphatic carbocycles. The van der Waals surface area contributed by atoms with Gasteiger partial charge in [0.1, 0.15) is 0 Å². The van der Waals surface area contributed by atoms with E-state index in [4.69, 9.17) is 0 Å². The highest BCUT2D eigenvalue weighted by molar-refractivity contribution is 5.79. The molecule has 0 atom stereocenters. The van der Waals surface area contributed by atoms with Crippen LogP contribution in [0.25, 0.3) is 0 Å². The summed E-state index contributed by atoms with van der Waals surface area (Å²) in [5, 5.41) is 0. The van der Waals surface area contributed by atoms with Crippen LogP contribution in [0.2, 0.25) is 0 Å². The fraction of sp³-hybridized carbons (Fsp3) is 0.545. The molecule has 0 fully saturated rings. The second kappa shape index (κ2) is 6.84. The quantitative estimate of drug-likeness (QED) is 0.563. The molecule has 0 bridgehead atoms. The Kier molecular flexibility index (Phi) is 6.35. The molecule has 0 aliphatic rings. The van der Waals surface area contributed by atoms with Gasteiger partial charge in [0.25, 0.3) is 0 Å². The first kappa shape index (κ1) is 11.2. The van der Waals surface area contributed by atoms with Gasteiger partial charge < -0.3 is 0 Å². The summed E-state index contributed by atoms with van der Waals surface area (Å²) in [6.07, 6.45) is 8.39. The number of allylic oxidation sites excluding steroid dienone is 4. The van der Waals surface area contributed by atoms with E-state index < -0.39 is 0 Å². The van der Waals surface area contributed by atoms with Crippen LogP contribution in [0.1, 0.15) is 40.5 Å². The molecule has 0 aliphatic heterocycles. The van der Waals surface area contributed by atoms with Crippen LogP contribution in [0.4, 0.5) is 0 Å². The third-order valence-corrected chi connectivity index (χ3v) is 1.76. The maximum absolute atomic E-state index is 4.30. The van der Waals surface area contributed by atoms with Crippen LogP contribution in [-0.4, -0.2) is 6.21 Å². The lowest BCUT2D eigenvalue weighted by atomic mass is 10.1. The standard InChI is InChI=1S/C11H19N/c1-5-8-11(7-3)9-12-10(4)6-2/h6-7,9H,5,8H2,1-4H3/b10-6+,11-7-,12-9+. The third kappa shape index (κ3) is 4.89.